The predicted molar refractivity (Wildman–Crippen MR) is 74.4 cm³/mol. The van der Waals surface area contributed by atoms with Crippen LogP contribution in [0, 0.1) is 11.8 Å². The fraction of sp³-hybridized carbons (Fsp3) is 0.500. The monoisotopic (exact) mass is 325 g/mol. The highest BCUT2D eigenvalue weighted by atomic mass is 79.9. The molecule has 1 aliphatic carbocycles. The largest absolute Gasteiger partial charge is 0.490 e. The molecule has 2 unspecified atom stereocenters. The molecule has 0 aromatic heterocycles. The van der Waals surface area contributed by atoms with E-state index in [1.54, 1.807) is 0 Å². The van der Waals surface area contributed by atoms with Crippen LogP contribution in [0.25, 0.3) is 0 Å². The van der Waals surface area contributed by atoms with Gasteiger partial charge in [0.1, 0.15) is 5.75 Å². The van der Waals surface area contributed by atoms with Gasteiger partial charge < -0.3 is 14.7 Å². The average Bonchev–Trinajstić information content (AvgIpc) is 2.86. The van der Waals surface area contributed by atoms with Gasteiger partial charge in [0.15, 0.2) is 0 Å². The third-order valence-electron chi connectivity index (χ3n) is 4.08. The normalized spacial score (nSPS) is 29.3. The number of nitrogens with zero attached hydrogens (tertiary/aromatic N) is 1. The molecule has 1 aromatic rings. The number of fused-ring (bicyclic) bond motifs is 1. The highest BCUT2D eigenvalue weighted by Gasteiger charge is 2.43. The fourth-order valence-corrected chi connectivity index (χ4v) is 3.61. The van der Waals surface area contributed by atoms with Crippen molar-refractivity contribution in [3.63, 3.8) is 0 Å². The Kier molecular flexibility index (Phi) is 3.39. The van der Waals surface area contributed by atoms with Crippen LogP contribution in [-0.4, -0.2) is 35.3 Å². The van der Waals surface area contributed by atoms with E-state index in [1.807, 2.05) is 24.3 Å². The van der Waals surface area contributed by atoms with Crippen LogP contribution < -0.4 is 4.74 Å². The van der Waals surface area contributed by atoms with Crippen LogP contribution in [-0.2, 0) is 0 Å². The van der Waals surface area contributed by atoms with Crippen molar-refractivity contribution in [3.8, 4) is 5.75 Å². The molecule has 1 amide bonds. The molecule has 0 spiro atoms. The summed E-state index contributed by atoms with van der Waals surface area (Å²) in [4.78, 5) is 12.5. The first-order valence-electron chi connectivity index (χ1n) is 6.52. The Labute approximate surface area is 120 Å². The summed E-state index contributed by atoms with van der Waals surface area (Å²) in [6.07, 6.45) is 1.35. The summed E-state index contributed by atoms with van der Waals surface area (Å²) in [5, 5.41) is 8.99. The first kappa shape index (κ1) is 12.8. The summed E-state index contributed by atoms with van der Waals surface area (Å²) < 4.78 is 7.01. The first-order chi connectivity index (χ1) is 9.11. The number of benzene rings is 1. The molecule has 2 aliphatic rings. The Bertz CT molecular complexity index is 479. The van der Waals surface area contributed by atoms with E-state index < -0.39 is 6.09 Å². The summed E-state index contributed by atoms with van der Waals surface area (Å²) in [7, 11) is 0. The van der Waals surface area contributed by atoms with Crippen molar-refractivity contribution in [3.05, 3.63) is 28.7 Å². The molecule has 2 fully saturated rings. The fourth-order valence-electron chi connectivity index (χ4n) is 3.23. The van der Waals surface area contributed by atoms with Crippen LogP contribution in [0.15, 0.2) is 28.7 Å². The quantitative estimate of drug-likeness (QED) is 0.908. The van der Waals surface area contributed by atoms with Crippen molar-refractivity contribution in [2.45, 2.75) is 18.9 Å². The SMILES string of the molecule is O=C(O)N1CC2CC(Oc3cccc(Br)c3)CC2C1. The van der Waals surface area contributed by atoms with E-state index in [4.69, 9.17) is 9.84 Å². The number of carbonyl (C=O) groups is 1. The number of amides is 1. The Morgan fingerprint density at radius 2 is 2.00 bits per heavy atom. The number of hydrogen-bond donors (Lipinski definition) is 1. The third kappa shape index (κ3) is 2.71. The highest BCUT2D eigenvalue weighted by molar-refractivity contribution is 9.10. The molecular formula is C14H16BrNO3. The number of carboxylic acid groups (broad SMARTS) is 1. The minimum absolute atomic E-state index is 0.222. The van der Waals surface area contributed by atoms with Gasteiger partial charge in [-0.25, -0.2) is 4.79 Å². The van der Waals surface area contributed by atoms with E-state index in [-0.39, 0.29) is 6.10 Å². The molecule has 1 heterocycles. The van der Waals surface area contributed by atoms with Crippen molar-refractivity contribution in [1.29, 1.82) is 0 Å². The molecule has 0 bridgehead atoms. The van der Waals surface area contributed by atoms with Crippen molar-refractivity contribution >= 4 is 22.0 Å². The lowest BCUT2D eigenvalue weighted by molar-refractivity contribution is 0.144. The van der Waals surface area contributed by atoms with Crippen LogP contribution in [0.4, 0.5) is 4.79 Å². The highest BCUT2D eigenvalue weighted by Crippen LogP contribution is 2.39. The van der Waals surface area contributed by atoms with E-state index in [9.17, 15) is 4.79 Å². The molecule has 5 heteroatoms. The second kappa shape index (κ2) is 5.04. The standard InChI is InChI=1S/C14H16BrNO3/c15-11-2-1-3-12(6-11)19-13-4-9-7-16(14(17)18)8-10(9)5-13/h1-3,6,9-10,13H,4-5,7-8H2,(H,17,18). The minimum Gasteiger partial charge on any atom is -0.490 e. The molecule has 4 nitrogen and oxygen atoms in total. The average molecular weight is 326 g/mol. The number of ether oxygens (including phenoxy) is 1. The number of rotatable bonds is 2. The molecule has 1 saturated carbocycles. The van der Waals surface area contributed by atoms with Crippen molar-refractivity contribution in [2.24, 2.45) is 11.8 Å². The molecule has 1 N–H and O–H groups in total. The molecule has 1 aromatic carbocycles. The molecule has 102 valence electrons. The summed E-state index contributed by atoms with van der Waals surface area (Å²) in [6, 6.07) is 7.86. The van der Waals surface area contributed by atoms with Crippen LogP contribution in [0.1, 0.15) is 12.8 Å². The molecule has 1 saturated heterocycles. The van der Waals surface area contributed by atoms with Gasteiger partial charge in [-0.2, -0.15) is 0 Å². The number of likely N-dealkylation sites (tertiary alicyclic amines) is 1. The Balaban J connectivity index is 1.59. The number of halogens is 1. The predicted octanol–water partition coefficient (Wildman–Crippen LogP) is 3.22. The molecule has 3 rings (SSSR count). The zero-order chi connectivity index (χ0) is 13.4. The van der Waals surface area contributed by atoms with Crippen LogP contribution in [0.5, 0.6) is 5.75 Å². The summed E-state index contributed by atoms with van der Waals surface area (Å²) >= 11 is 3.43. The Morgan fingerprint density at radius 1 is 1.32 bits per heavy atom. The zero-order valence-electron chi connectivity index (χ0n) is 10.5. The third-order valence-corrected chi connectivity index (χ3v) is 4.57. The van der Waals surface area contributed by atoms with Crippen molar-refractivity contribution < 1.29 is 14.6 Å². The molecule has 19 heavy (non-hydrogen) atoms. The van der Waals surface area contributed by atoms with Crippen molar-refractivity contribution in [2.75, 3.05) is 13.1 Å². The van der Waals surface area contributed by atoms with Gasteiger partial charge in [-0.15, -0.1) is 0 Å². The molecule has 0 radical (unpaired) electrons. The van der Waals surface area contributed by atoms with Gasteiger partial charge in [0.25, 0.3) is 0 Å². The lowest BCUT2D eigenvalue weighted by Crippen LogP contribution is -2.29. The summed E-state index contributed by atoms with van der Waals surface area (Å²) in [5.74, 6) is 1.82. The van der Waals surface area contributed by atoms with Crippen molar-refractivity contribution in [1.82, 2.24) is 4.90 Å². The minimum atomic E-state index is -0.793. The van der Waals surface area contributed by atoms with E-state index in [0.29, 0.717) is 24.9 Å². The topological polar surface area (TPSA) is 49.8 Å². The van der Waals surface area contributed by atoms with Gasteiger partial charge in [-0.3, -0.25) is 0 Å². The zero-order valence-corrected chi connectivity index (χ0v) is 12.0. The lowest BCUT2D eigenvalue weighted by Gasteiger charge is -2.17. The number of hydrogen-bond acceptors (Lipinski definition) is 2. The van der Waals surface area contributed by atoms with Gasteiger partial charge >= 0.3 is 6.09 Å². The van der Waals surface area contributed by atoms with Gasteiger partial charge in [0, 0.05) is 17.6 Å². The maximum Gasteiger partial charge on any atom is 0.407 e. The van der Waals surface area contributed by atoms with Gasteiger partial charge in [0.05, 0.1) is 6.10 Å². The van der Waals surface area contributed by atoms with Crippen LogP contribution in [0.3, 0.4) is 0 Å². The molecular weight excluding hydrogens is 310 g/mol. The van der Waals surface area contributed by atoms with E-state index in [1.165, 1.54) is 4.90 Å². The van der Waals surface area contributed by atoms with E-state index in [2.05, 4.69) is 15.9 Å². The summed E-state index contributed by atoms with van der Waals surface area (Å²) in [6.45, 7) is 1.33. The summed E-state index contributed by atoms with van der Waals surface area (Å²) in [5.41, 5.74) is 0. The maximum atomic E-state index is 10.9. The second-order valence-corrected chi connectivity index (χ2v) is 6.29. The van der Waals surface area contributed by atoms with Crippen LogP contribution >= 0.6 is 15.9 Å². The second-order valence-electron chi connectivity index (χ2n) is 5.38. The van der Waals surface area contributed by atoms with E-state index >= 15 is 0 Å². The van der Waals surface area contributed by atoms with Crippen LogP contribution in [0.2, 0.25) is 0 Å². The van der Waals surface area contributed by atoms with E-state index in [0.717, 1.165) is 23.1 Å². The Hall–Kier alpha value is -1.23. The lowest BCUT2D eigenvalue weighted by atomic mass is 10.0. The van der Waals surface area contributed by atoms with Gasteiger partial charge in [-0.05, 0) is 42.9 Å². The maximum absolute atomic E-state index is 10.9. The molecule has 2 atom stereocenters. The van der Waals surface area contributed by atoms with Gasteiger partial charge in [-0.1, -0.05) is 22.0 Å². The molecule has 1 aliphatic heterocycles. The smallest absolute Gasteiger partial charge is 0.407 e. The van der Waals surface area contributed by atoms with Gasteiger partial charge in [0.2, 0.25) is 0 Å². The Morgan fingerprint density at radius 3 is 2.58 bits per heavy atom. The first-order valence-corrected chi connectivity index (χ1v) is 7.31.